The lowest BCUT2D eigenvalue weighted by molar-refractivity contribution is 0.0952. The second kappa shape index (κ2) is 7.41. The minimum Gasteiger partial charge on any atom is -0.508 e. The molecule has 1 aromatic heterocycles. The smallest absolute Gasteiger partial charge is 0.252 e. The molecule has 0 aliphatic rings. The molecule has 4 aromatic rings. The van der Waals surface area contributed by atoms with Crippen molar-refractivity contribution in [2.24, 2.45) is 0 Å². The first-order chi connectivity index (χ1) is 13.9. The maximum absolute atomic E-state index is 12.9. The number of phenolic OH excluding ortho intramolecular Hbond substituents is 3. The van der Waals surface area contributed by atoms with Gasteiger partial charge in [0.05, 0.1) is 11.8 Å². The van der Waals surface area contributed by atoms with Crippen molar-refractivity contribution in [3.8, 4) is 28.4 Å². The molecule has 29 heavy (non-hydrogen) atoms. The number of hydrogen-bond donors (Lipinski definition) is 4. The van der Waals surface area contributed by atoms with Crippen LogP contribution in [0.5, 0.6) is 17.2 Å². The minimum absolute atomic E-state index is 0.117. The van der Waals surface area contributed by atoms with Crippen LogP contribution in [0.2, 0.25) is 5.02 Å². The molecule has 0 saturated heterocycles. The number of hydrogen-bond acceptors (Lipinski definition) is 5. The Hall–Kier alpha value is -3.64. The standard InChI is InChI=1S/C22H16ClNO5/c23-14-3-1-12(2-4-14)10-24-22(28)18-8-17(27)9-20-21(18)19(11-29-20)13-5-15(25)7-16(26)6-13/h1-9,11,25-27H,10H2,(H,24,28). The molecule has 0 bridgehead atoms. The van der Waals surface area contributed by atoms with Crippen LogP contribution in [-0.2, 0) is 6.54 Å². The summed E-state index contributed by atoms with van der Waals surface area (Å²) in [5.41, 5.74) is 2.35. The summed E-state index contributed by atoms with van der Waals surface area (Å²) < 4.78 is 5.51. The maximum atomic E-state index is 12.9. The van der Waals surface area contributed by atoms with Gasteiger partial charge in [-0.25, -0.2) is 0 Å². The number of phenols is 3. The Bertz CT molecular complexity index is 1190. The van der Waals surface area contributed by atoms with Crippen molar-refractivity contribution in [3.63, 3.8) is 0 Å². The molecule has 1 amide bonds. The van der Waals surface area contributed by atoms with E-state index in [1.54, 1.807) is 24.3 Å². The van der Waals surface area contributed by atoms with Gasteiger partial charge in [0, 0.05) is 34.6 Å². The van der Waals surface area contributed by atoms with Crippen molar-refractivity contribution in [1.82, 2.24) is 5.32 Å². The van der Waals surface area contributed by atoms with Crippen molar-refractivity contribution < 1.29 is 24.5 Å². The molecule has 6 nitrogen and oxygen atoms in total. The zero-order valence-electron chi connectivity index (χ0n) is 15.0. The first-order valence-corrected chi connectivity index (χ1v) is 9.09. The summed E-state index contributed by atoms with van der Waals surface area (Å²) in [5, 5.41) is 33.5. The van der Waals surface area contributed by atoms with E-state index in [2.05, 4.69) is 5.32 Å². The fourth-order valence-corrected chi connectivity index (χ4v) is 3.30. The molecule has 0 fully saturated rings. The van der Waals surface area contributed by atoms with Gasteiger partial charge in [0.25, 0.3) is 5.91 Å². The Kier molecular flexibility index (Phi) is 4.78. The number of aromatic hydroxyl groups is 3. The number of rotatable bonds is 4. The third-order valence-corrected chi connectivity index (χ3v) is 4.74. The Morgan fingerprint density at radius 1 is 0.931 bits per heavy atom. The highest BCUT2D eigenvalue weighted by molar-refractivity contribution is 6.30. The number of nitrogens with one attached hydrogen (secondary N) is 1. The number of amides is 1. The van der Waals surface area contributed by atoms with Crippen molar-refractivity contribution in [3.05, 3.63) is 77.0 Å². The molecule has 0 saturated carbocycles. The van der Waals surface area contributed by atoms with Crippen molar-refractivity contribution in [2.45, 2.75) is 6.54 Å². The van der Waals surface area contributed by atoms with E-state index < -0.39 is 5.91 Å². The van der Waals surface area contributed by atoms with Gasteiger partial charge in [-0.1, -0.05) is 23.7 Å². The average molecular weight is 410 g/mol. The van der Waals surface area contributed by atoms with Crippen molar-refractivity contribution in [1.29, 1.82) is 0 Å². The Labute approximate surface area is 170 Å². The van der Waals surface area contributed by atoms with Crippen LogP contribution < -0.4 is 5.32 Å². The zero-order chi connectivity index (χ0) is 20.5. The van der Waals surface area contributed by atoms with E-state index >= 15 is 0 Å². The summed E-state index contributed by atoms with van der Waals surface area (Å²) in [7, 11) is 0. The Balaban J connectivity index is 1.74. The van der Waals surface area contributed by atoms with Crippen LogP contribution in [-0.4, -0.2) is 21.2 Å². The predicted molar refractivity (Wildman–Crippen MR) is 109 cm³/mol. The number of carbonyl (C=O) groups is 1. The molecule has 0 unspecified atom stereocenters. The maximum Gasteiger partial charge on any atom is 0.252 e. The van der Waals surface area contributed by atoms with E-state index in [1.807, 2.05) is 0 Å². The summed E-state index contributed by atoms with van der Waals surface area (Å²) in [6.07, 6.45) is 1.41. The molecular formula is C22H16ClNO5. The molecular weight excluding hydrogens is 394 g/mol. The molecule has 3 aromatic carbocycles. The molecule has 4 rings (SSSR count). The highest BCUT2D eigenvalue weighted by Crippen LogP contribution is 2.38. The third kappa shape index (κ3) is 3.83. The van der Waals surface area contributed by atoms with Crippen LogP contribution in [0.15, 0.2) is 65.3 Å². The predicted octanol–water partition coefficient (Wildman–Crippen LogP) is 4.80. The number of fused-ring (bicyclic) bond motifs is 1. The van der Waals surface area contributed by atoms with E-state index in [0.29, 0.717) is 27.1 Å². The van der Waals surface area contributed by atoms with Gasteiger partial charge in [-0.2, -0.15) is 0 Å². The van der Waals surface area contributed by atoms with Gasteiger partial charge in [0.2, 0.25) is 0 Å². The van der Waals surface area contributed by atoms with Crippen LogP contribution in [0.1, 0.15) is 15.9 Å². The molecule has 0 aliphatic carbocycles. The first kappa shape index (κ1) is 18.7. The molecule has 1 heterocycles. The summed E-state index contributed by atoms with van der Waals surface area (Å²) in [6, 6.07) is 13.9. The Morgan fingerprint density at radius 3 is 2.28 bits per heavy atom. The zero-order valence-corrected chi connectivity index (χ0v) is 15.8. The normalized spacial score (nSPS) is 10.9. The second-order valence-corrected chi connectivity index (χ2v) is 7.00. The molecule has 146 valence electrons. The molecule has 7 heteroatoms. The fraction of sp³-hybridized carbons (Fsp3) is 0.0455. The average Bonchev–Trinajstić information content (AvgIpc) is 3.09. The third-order valence-electron chi connectivity index (χ3n) is 4.48. The van der Waals surface area contributed by atoms with Gasteiger partial charge >= 0.3 is 0 Å². The summed E-state index contributed by atoms with van der Waals surface area (Å²) in [5.74, 6) is -0.773. The van der Waals surface area contributed by atoms with Crippen LogP contribution in [0.25, 0.3) is 22.1 Å². The number of halogens is 1. The summed E-state index contributed by atoms with van der Waals surface area (Å²) >= 11 is 5.88. The topological polar surface area (TPSA) is 103 Å². The van der Waals surface area contributed by atoms with E-state index in [0.717, 1.165) is 5.56 Å². The minimum atomic E-state index is -0.409. The van der Waals surface area contributed by atoms with E-state index in [4.69, 9.17) is 16.0 Å². The SMILES string of the molecule is O=C(NCc1ccc(Cl)cc1)c1cc(O)cc2occ(-c3cc(O)cc(O)c3)c12. The van der Waals surface area contributed by atoms with Gasteiger partial charge in [0.1, 0.15) is 22.8 Å². The Morgan fingerprint density at radius 2 is 1.59 bits per heavy atom. The lowest BCUT2D eigenvalue weighted by Crippen LogP contribution is -2.23. The quantitative estimate of drug-likeness (QED) is 0.387. The molecule has 0 aliphatic heterocycles. The van der Waals surface area contributed by atoms with Crippen LogP contribution in [0, 0.1) is 0 Å². The van der Waals surface area contributed by atoms with Gasteiger partial charge < -0.3 is 25.1 Å². The highest BCUT2D eigenvalue weighted by Gasteiger charge is 2.19. The van der Waals surface area contributed by atoms with Crippen LogP contribution >= 0.6 is 11.6 Å². The molecule has 0 atom stereocenters. The van der Waals surface area contributed by atoms with E-state index in [9.17, 15) is 20.1 Å². The van der Waals surface area contributed by atoms with Gasteiger partial charge in [-0.3, -0.25) is 4.79 Å². The lowest BCUT2D eigenvalue weighted by atomic mass is 9.99. The lowest BCUT2D eigenvalue weighted by Gasteiger charge is -2.09. The molecule has 4 N–H and O–H groups in total. The monoisotopic (exact) mass is 409 g/mol. The fourth-order valence-electron chi connectivity index (χ4n) is 3.17. The van der Waals surface area contributed by atoms with E-state index in [1.165, 1.54) is 36.6 Å². The highest BCUT2D eigenvalue weighted by atomic mass is 35.5. The largest absolute Gasteiger partial charge is 0.508 e. The van der Waals surface area contributed by atoms with Crippen molar-refractivity contribution in [2.75, 3.05) is 0 Å². The van der Waals surface area contributed by atoms with Gasteiger partial charge in [0.15, 0.2) is 0 Å². The molecule has 0 spiro atoms. The number of benzene rings is 3. The number of carbonyl (C=O) groups excluding carboxylic acids is 1. The summed E-state index contributed by atoms with van der Waals surface area (Å²) in [6.45, 7) is 0.271. The van der Waals surface area contributed by atoms with E-state index in [-0.39, 0.29) is 29.4 Å². The van der Waals surface area contributed by atoms with Gasteiger partial charge in [-0.05, 0) is 41.5 Å². The van der Waals surface area contributed by atoms with Crippen LogP contribution in [0.4, 0.5) is 0 Å². The summed E-state index contributed by atoms with van der Waals surface area (Å²) in [4.78, 5) is 12.9. The van der Waals surface area contributed by atoms with Crippen molar-refractivity contribution >= 4 is 28.5 Å². The second-order valence-electron chi connectivity index (χ2n) is 6.56. The molecule has 0 radical (unpaired) electrons. The first-order valence-electron chi connectivity index (χ1n) is 8.71. The van der Waals surface area contributed by atoms with Crippen LogP contribution in [0.3, 0.4) is 0 Å². The number of furan rings is 1. The van der Waals surface area contributed by atoms with Gasteiger partial charge in [-0.15, -0.1) is 0 Å².